The van der Waals surface area contributed by atoms with Crippen LogP contribution in [0.3, 0.4) is 0 Å². The van der Waals surface area contributed by atoms with Gasteiger partial charge in [0.15, 0.2) is 0 Å². The highest BCUT2D eigenvalue weighted by atomic mass is 16.2. The first-order chi connectivity index (χ1) is 12.2. The molecule has 2 aliphatic heterocycles. The number of amides is 1. The summed E-state index contributed by atoms with van der Waals surface area (Å²) in [5.74, 6) is 0.111. The number of piperidine rings is 1. The Labute approximate surface area is 149 Å². The summed E-state index contributed by atoms with van der Waals surface area (Å²) in [5, 5.41) is 6.61. The third kappa shape index (κ3) is 3.02. The minimum absolute atomic E-state index is 0.111. The third-order valence-electron chi connectivity index (χ3n) is 5.59. The number of benzene rings is 2. The van der Waals surface area contributed by atoms with Crippen molar-refractivity contribution in [3.63, 3.8) is 0 Å². The molecule has 25 heavy (non-hydrogen) atoms. The lowest BCUT2D eigenvalue weighted by atomic mass is 9.84. The topological polar surface area (TPSA) is 44.4 Å². The van der Waals surface area contributed by atoms with E-state index in [9.17, 15) is 4.79 Å². The van der Waals surface area contributed by atoms with E-state index in [1.54, 1.807) is 0 Å². The summed E-state index contributed by atoms with van der Waals surface area (Å²) in [6.45, 7) is 5.04. The Bertz CT molecular complexity index is 778. The van der Waals surface area contributed by atoms with Crippen molar-refractivity contribution in [2.24, 2.45) is 0 Å². The lowest BCUT2D eigenvalue weighted by Crippen LogP contribution is -2.58. The van der Waals surface area contributed by atoms with Crippen molar-refractivity contribution >= 4 is 17.3 Å². The Morgan fingerprint density at radius 2 is 1.60 bits per heavy atom. The van der Waals surface area contributed by atoms with Gasteiger partial charge in [-0.2, -0.15) is 0 Å². The Kier molecular flexibility index (Phi) is 4.22. The molecule has 0 aromatic heterocycles. The number of rotatable bonds is 3. The molecule has 4 nitrogen and oxygen atoms in total. The van der Waals surface area contributed by atoms with Gasteiger partial charge < -0.3 is 10.6 Å². The monoisotopic (exact) mass is 335 g/mol. The number of nitrogens with one attached hydrogen (secondary N) is 2. The maximum absolute atomic E-state index is 12.7. The summed E-state index contributed by atoms with van der Waals surface area (Å²) < 4.78 is 0. The van der Waals surface area contributed by atoms with Crippen molar-refractivity contribution in [2.75, 3.05) is 23.7 Å². The van der Waals surface area contributed by atoms with E-state index >= 15 is 0 Å². The van der Waals surface area contributed by atoms with Gasteiger partial charge in [0.25, 0.3) is 0 Å². The van der Waals surface area contributed by atoms with Crippen LogP contribution >= 0.6 is 0 Å². The molecular weight excluding hydrogens is 310 g/mol. The largest absolute Gasteiger partial charge is 0.369 e. The van der Waals surface area contributed by atoms with Crippen LogP contribution in [0.15, 0.2) is 48.5 Å². The quantitative estimate of drug-likeness (QED) is 0.900. The lowest BCUT2D eigenvalue weighted by Gasteiger charge is -2.44. The second-order valence-corrected chi connectivity index (χ2v) is 7.11. The predicted octanol–water partition coefficient (Wildman–Crippen LogP) is 3.65. The van der Waals surface area contributed by atoms with Crippen LogP contribution < -0.4 is 10.6 Å². The Hall–Kier alpha value is -2.33. The maximum atomic E-state index is 12.7. The molecule has 1 fully saturated rings. The first-order valence-corrected chi connectivity index (χ1v) is 9.18. The van der Waals surface area contributed by atoms with Crippen molar-refractivity contribution in [2.45, 2.75) is 38.3 Å². The molecule has 2 N–H and O–H groups in total. The molecule has 0 bridgehead atoms. The number of aryl methyl sites for hydroxylation is 1. The van der Waals surface area contributed by atoms with E-state index in [0.29, 0.717) is 0 Å². The van der Waals surface area contributed by atoms with E-state index in [-0.39, 0.29) is 5.91 Å². The number of hydrogen-bond donors (Lipinski definition) is 2. The first-order valence-electron chi connectivity index (χ1n) is 9.18. The zero-order valence-electron chi connectivity index (χ0n) is 14.7. The molecule has 0 aliphatic carbocycles. The molecule has 0 saturated carbocycles. The Morgan fingerprint density at radius 3 is 2.32 bits per heavy atom. The number of likely N-dealkylation sites (tertiary alicyclic amines) is 1. The molecule has 0 atom stereocenters. The van der Waals surface area contributed by atoms with E-state index in [4.69, 9.17) is 0 Å². The van der Waals surface area contributed by atoms with Crippen LogP contribution in [0.4, 0.5) is 11.4 Å². The van der Waals surface area contributed by atoms with Crippen LogP contribution in [0, 0.1) is 0 Å². The van der Waals surface area contributed by atoms with Crippen LogP contribution in [0.5, 0.6) is 0 Å². The molecule has 2 aromatic carbocycles. The van der Waals surface area contributed by atoms with Crippen LogP contribution in [-0.4, -0.2) is 29.4 Å². The smallest absolute Gasteiger partial charge is 0.250 e. The highest BCUT2D eigenvalue weighted by Crippen LogP contribution is 2.36. The van der Waals surface area contributed by atoms with Gasteiger partial charge in [-0.1, -0.05) is 43.3 Å². The molecule has 1 amide bonds. The summed E-state index contributed by atoms with van der Waals surface area (Å²) in [6.07, 6.45) is 2.73. The number of fused-ring (bicyclic) bond motifs is 1. The fourth-order valence-corrected chi connectivity index (χ4v) is 4.00. The van der Waals surface area contributed by atoms with E-state index < -0.39 is 5.54 Å². The Balaban J connectivity index is 1.45. The van der Waals surface area contributed by atoms with Crippen LogP contribution in [0.2, 0.25) is 0 Å². The summed E-state index contributed by atoms with van der Waals surface area (Å²) in [4.78, 5) is 15.2. The molecule has 1 spiro atoms. The summed E-state index contributed by atoms with van der Waals surface area (Å²) in [5.41, 5.74) is 4.29. The van der Waals surface area contributed by atoms with E-state index in [2.05, 4.69) is 46.7 Å². The molecule has 0 radical (unpaired) electrons. The van der Waals surface area contributed by atoms with Gasteiger partial charge in [-0.3, -0.25) is 9.69 Å². The Morgan fingerprint density at radius 1 is 0.960 bits per heavy atom. The van der Waals surface area contributed by atoms with Gasteiger partial charge in [0.05, 0.1) is 11.4 Å². The molecular formula is C21H25N3O. The van der Waals surface area contributed by atoms with Crippen LogP contribution in [0.1, 0.15) is 30.9 Å². The number of carbonyl (C=O) groups is 1. The number of nitrogens with zero attached hydrogens (tertiary/aromatic N) is 1. The number of carbonyl (C=O) groups excluding carboxylic acids is 1. The molecule has 0 unspecified atom stereocenters. The van der Waals surface area contributed by atoms with Gasteiger partial charge in [-0.25, -0.2) is 0 Å². The lowest BCUT2D eigenvalue weighted by molar-refractivity contribution is -0.122. The highest BCUT2D eigenvalue weighted by Gasteiger charge is 2.44. The minimum Gasteiger partial charge on any atom is -0.369 e. The van der Waals surface area contributed by atoms with Crippen LogP contribution in [0.25, 0.3) is 0 Å². The average molecular weight is 335 g/mol. The van der Waals surface area contributed by atoms with Crippen molar-refractivity contribution in [1.82, 2.24) is 4.90 Å². The van der Waals surface area contributed by atoms with Gasteiger partial charge in [-0.15, -0.1) is 0 Å². The average Bonchev–Trinajstić information content (AvgIpc) is 2.65. The fourth-order valence-electron chi connectivity index (χ4n) is 4.00. The van der Waals surface area contributed by atoms with E-state index in [1.165, 1.54) is 11.1 Å². The summed E-state index contributed by atoms with van der Waals surface area (Å²) in [6, 6.07) is 16.6. The first kappa shape index (κ1) is 16.2. The zero-order valence-corrected chi connectivity index (χ0v) is 14.7. The van der Waals surface area contributed by atoms with Crippen molar-refractivity contribution < 1.29 is 4.79 Å². The summed E-state index contributed by atoms with van der Waals surface area (Å²) in [7, 11) is 0. The molecule has 2 aliphatic rings. The molecule has 130 valence electrons. The second-order valence-electron chi connectivity index (χ2n) is 7.11. The van der Waals surface area contributed by atoms with Crippen LogP contribution in [-0.2, 0) is 17.8 Å². The van der Waals surface area contributed by atoms with Gasteiger partial charge in [-0.05, 0) is 42.5 Å². The van der Waals surface area contributed by atoms with Gasteiger partial charge in [0, 0.05) is 19.6 Å². The SMILES string of the molecule is CCc1ccccc1CN1CCC2(CC1)Nc1ccccc1NC2=O. The molecule has 4 heteroatoms. The standard InChI is InChI=1S/C21H25N3O/c1-2-16-7-3-4-8-17(16)15-24-13-11-21(12-14-24)20(25)22-18-9-5-6-10-19(18)23-21/h3-10,23H,2,11-15H2,1H3,(H,22,25). The third-order valence-corrected chi connectivity index (χ3v) is 5.59. The zero-order chi connectivity index (χ0) is 17.3. The van der Waals surface area contributed by atoms with E-state index in [1.807, 2.05) is 24.3 Å². The number of para-hydroxylation sites is 2. The normalized spacial score (nSPS) is 19.2. The fraction of sp³-hybridized carbons (Fsp3) is 0.381. The number of anilines is 2. The van der Waals surface area contributed by atoms with Gasteiger partial charge in [0.1, 0.15) is 5.54 Å². The van der Waals surface area contributed by atoms with Crippen molar-refractivity contribution in [3.05, 3.63) is 59.7 Å². The van der Waals surface area contributed by atoms with Gasteiger partial charge >= 0.3 is 0 Å². The van der Waals surface area contributed by atoms with Crippen molar-refractivity contribution in [3.8, 4) is 0 Å². The van der Waals surface area contributed by atoms with Crippen molar-refractivity contribution in [1.29, 1.82) is 0 Å². The highest BCUT2D eigenvalue weighted by molar-refractivity contribution is 6.06. The minimum atomic E-state index is -0.463. The maximum Gasteiger partial charge on any atom is 0.250 e. The summed E-state index contributed by atoms with van der Waals surface area (Å²) >= 11 is 0. The molecule has 2 heterocycles. The van der Waals surface area contributed by atoms with Gasteiger partial charge in [0.2, 0.25) is 5.91 Å². The molecule has 2 aromatic rings. The second kappa shape index (κ2) is 6.52. The number of hydrogen-bond acceptors (Lipinski definition) is 3. The predicted molar refractivity (Wildman–Crippen MR) is 102 cm³/mol. The molecule has 1 saturated heterocycles. The molecule has 4 rings (SSSR count). The van der Waals surface area contributed by atoms with E-state index in [0.717, 1.165) is 50.3 Å².